The van der Waals surface area contributed by atoms with Crippen LogP contribution >= 0.6 is 0 Å². The van der Waals surface area contributed by atoms with Crippen molar-refractivity contribution in [3.05, 3.63) is 35.9 Å². The van der Waals surface area contributed by atoms with E-state index in [1.165, 1.54) is 12.1 Å². The van der Waals surface area contributed by atoms with Crippen LogP contribution in [0.2, 0.25) is 0 Å². The fourth-order valence-electron chi connectivity index (χ4n) is 0.936. The lowest BCUT2D eigenvalue weighted by atomic mass is 10.2. The number of carbonyl (C=O) groups is 2. The number of carbonyl (C=O) groups excluding carboxylic acids is 1. The van der Waals surface area contributed by atoms with E-state index in [2.05, 4.69) is 0 Å². The summed E-state index contributed by atoms with van der Waals surface area (Å²) in [5, 5.41) is 19.9. The summed E-state index contributed by atoms with van der Waals surface area (Å²) in [4.78, 5) is 22.0. The zero-order valence-electron chi connectivity index (χ0n) is 8.10. The lowest BCUT2D eigenvalue weighted by molar-refractivity contribution is -0.158. The number of hydrogen-bond donors (Lipinski definition) is 3. The molecule has 15 heavy (non-hydrogen) atoms. The van der Waals surface area contributed by atoms with Crippen LogP contribution in [0.3, 0.4) is 0 Å². The summed E-state index contributed by atoms with van der Waals surface area (Å²) in [6.07, 6.45) is 0. The highest BCUT2D eigenvalue weighted by atomic mass is 16.4. The first-order chi connectivity index (χ1) is 6.93. The van der Waals surface area contributed by atoms with Gasteiger partial charge in [-0.3, -0.25) is 4.79 Å². The summed E-state index contributed by atoms with van der Waals surface area (Å²) in [6.45, 7) is 0.996. The molecule has 0 saturated heterocycles. The SMILES string of the molecule is CC(O)(NC(=O)c1ccccc1)C(=O)O. The molecule has 0 fully saturated rings. The van der Waals surface area contributed by atoms with Crippen LogP contribution in [0.15, 0.2) is 30.3 Å². The summed E-state index contributed by atoms with van der Waals surface area (Å²) < 4.78 is 0. The van der Waals surface area contributed by atoms with Crippen LogP contribution < -0.4 is 5.32 Å². The van der Waals surface area contributed by atoms with E-state index in [1.54, 1.807) is 18.2 Å². The zero-order chi connectivity index (χ0) is 11.5. The third-order valence-corrected chi connectivity index (χ3v) is 1.81. The Bertz CT molecular complexity index is 372. The molecule has 1 unspecified atom stereocenters. The van der Waals surface area contributed by atoms with Crippen molar-refractivity contribution in [2.45, 2.75) is 12.6 Å². The van der Waals surface area contributed by atoms with Crippen LogP contribution in [-0.4, -0.2) is 27.8 Å². The average Bonchev–Trinajstić information content (AvgIpc) is 2.18. The van der Waals surface area contributed by atoms with Crippen molar-refractivity contribution in [1.82, 2.24) is 5.32 Å². The number of nitrogens with one attached hydrogen (secondary N) is 1. The van der Waals surface area contributed by atoms with Gasteiger partial charge >= 0.3 is 5.97 Å². The Labute approximate surface area is 86.4 Å². The summed E-state index contributed by atoms with van der Waals surface area (Å²) in [6, 6.07) is 8.06. The van der Waals surface area contributed by atoms with Crippen LogP contribution in [0.4, 0.5) is 0 Å². The fraction of sp³-hybridized carbons (Fsp3) is 0.200. The third kappa shape index (κ3) is 2.78. The van der Waals surface area contributed by atoms with Gasteiger partial charge in [-0.15, -0.1) is 0 Å². The number of aliphatic hydroxyl groups is 1. The molecule has 0 aliphatic rings. The van der Waals surface area contributed by atoms with Crippen molar-refractivity contribution in [3.8, 4) is 0 Å². The van der Waals surface area contributed by atoms with Gasteiger partial charge in [-0.2, -0.15) is 0 Å². The van der Waals surface area contributed by atoms with Crippen molar-refractivity contribution in [3.63, 3.8) is 0 Å². The predicted octanol–water partition coefficient (Wildman–Crippen LogP) is 0.209. The van der Waals surface area contributed by atoms with E-state index in [0.717, 1.165) is 6.92 Å². The highest BCUT2D eigenvalue weighted by Crippen LogP contribution is 2.03. The molecule has 1 amide bonds. The van der Waals surface area contributed by atoms with Gasteiger partial charge in [0, 0.05) is 5.56 Å². The third-order valence-electron chi connectivity index (χ3n) is 1.81. The molecule has 1 atom stereocenters. The number of amides is 1. The number of rotatable bonds is 3. The Hall–Kier alpha value is -1.88. The van der Waals surface area contributed by atoms with Crippen LogP contribution in [0, 0.1) is 0 Å². The minimum absolute atomic E-state index is 0.291. The van der Waals surface area contributed by atoms with Crippen LogP contribution in [0.25, 0.3) is 0 Å². The molecular formula is C10H11NO4. The lowest BCUT2D eigenvalue weighted by Crippen LogP contribution is -2.52. The van der Waals surface area contributed by atoms with E-state index in [9.17, 15) is 14.7 Å². The van der Waals surface area contributed by atoms with E-state index in [1.807, 2.05) is 5.32 Å². The quantitative estimate of drug-likeness (QED) is 0.621. The molecule has 5 nitrogen and oxygen atoms in total. The standard InChI is InChI=1S/C10H11NO4/c1-10(15,9(13)14)11-8(12)7-5-3-2-4-6-7/h2-6,15H,1H3,(H,11,12)(H,13,14). The summed E-state index contributed by atoms with van der Waals surface area (Å²) >= 11 is 0. The van der Waals surface area contributed by atoms with E-state index in [0.29, 0.717) is 5.56 Å². The van der Waals surface area contributed by atoms with E-state index >= 15 is 0 Å². The highest BCUT2D eigenvalue weighted by molar-refractivity contribution is 5.97. The monoisotopic (exact) mass is 209 g/mol. The van der Waals surface area contributed by atoms with E-state index in [-0.39, 0.29) is 0 Å². The smallest absolute Gasteiger partial charge is 0.356 e. The van der Waals surface area contributed by atoms with Gasteiger partial charge in [0.15, 0.2) is 0 Å². The Morgan fingerprint density at radius 1 is 1.27 bits per heavy atom. The maximum atomic E-state index is 11.4. The molecule has 0 bridgehead atoms. The van der Waals surface area contributed by atoms with Gasteiger partial charge in [-0.05, 0) is 19.1 Å². The Morgan fingerprint density at radius 2 is 1.80 bits per heavy atom. The first kappa shape index (κ1) is 11.2. The number of carboxylic acids is 1. The second-order valence-corrected chi connectivity index (χ2v) is 3.20. The molecule has 1 aromatic rings. The second-order valence-electron chi connectivity index (χ2n) is 3.20. The molecule has 0 aliphatic carbocycles. The zero-order valence-corrected chi connectivity index (χ0v) is 8.10. The first-order valence-electron chi connectivity index (χ1n) is 4.27. The predicted molar refractivity (Wildman–Crippen MR) is 52.2 cm³/mol. The van der Waals surface area contributed by atoms with Gasteiger partial charge in [-0.25, -0.2) is 4.79 Å². The van der Waals surface area contributed by atoms with Crippen molar-refractivity contribution in [1.29, 1.82) is 0 Å². The molecule has 0 aliphatic heterocycles. The number of benzene rings is 1. The van der Waals surface area contributed by atoms with E-state index < -0.39 is 17.6 Å². The van der Waals surface area contributed by atoms with Crippen molar-refractivity contribution < 1.29 is 19.8 Å². The van der Waals surface area contributed by atoms with Gasteiger partial charge in [0.1, 0.15) is 0 Å². The van der Waals surface area contributed by atoms with Gasteiger partial charge in [0.25, 0.3) is 5.91 Å². The molecular weight excluding hydrogens is 198 g/mol. The normalized spacial score (nSPS) is 14.0. The highest BCUT2D eigenvalue weighted by Gasteiger charge is 2.31. The molecule has 3 N–H and O–H groups in total. The Morgan fingerprint density at radius 3 is 2.27 bits per heavy atom. The maximum Gasteiger partial charge on any atom is 0.356 e. The molecule has 0 aromatic heterocycles. The summed E-state index contributed by atoms with van der Waals surface area (Å²) in [5.41, 5.74) is -1.97. The number of aliphatic carboxylic acids is 1. The van der Waals surface area contributed by atoms with Crippen molar-refractivity contribution >= 4 is 11.9 Å². The average molecular weight is 209 g/mol. The summed E-state index contributed by atoms with van der Waals surface area (Å²) in [5.74, 6) is -2.14. The summed E-state index contributed by atoms with van der Waals surface area (Å²) in [7, 11) is 0. The minimum atomic E-state index is -2.26. The van der Waals surface area contributed by atoms with E-state index in [4.69, 9.17) is 5.11 Å². The molecule has 80 valence electrons. The topological polar surface area (TPSA) is 86.6 Å². The largest absolute Gasteiger partial charge is 0.478 e. The van der Waals surface area contributed by atoms with Crippen LogP contribution in [0.5, 0.6) is 0 Å². The van der Waals surface area contributed by atoms with Crippen molar-refractivity contribution in [2.75, 3.05) is 0 Å². The number of carboxylic acid groups (broad SMARTS) is 1. The van der Waals surface area contributed by atoms with Crippen LogP contribution in [0.1, 0.15) is 17.3 Å². The second kappa shape index (κ2) is 4.10. The molecule has 0 radical (unpaired) electrons. The molecule has 1 aromatic carbocycles. The number of hydrogen-bond acceptors (Lipinski definition) is 3. The maximum absolute atomic E-state index is 11.4. The van der Waals surface area contributed by atoms with Crippen LogP contribution in [-0.2, 0) is 4.79 Å². The Kier molecular flexibility index (Phi) is 3.06. The molecule has 5 heteroatoms. The fourth-order valence-corrected chi connectivity index (χ4v) is 0.936. The lowest BCUT2D eigenvalue weighted by Gasteiger charge is -2.19. The van der Waals surface area contributed by atoms with Gasteiger partial charge in [0.05, 0.1) is 0 Å². The molecule has 0 saturated carbocycles. The Balaban J connectivity index is 2.77. The molecule has 0 heterocycles. The molecule has 0 spiro atoms. The molecule has 1 rings (SSSR count). The van der Waals surface area contributed by atoms with Gasteiger partial charge < -0.3 is 15.5 Å². The van der Waals surface area contributed by atoms with Gasteiger partial charge in [0.2, 0.25) is 5.72 Å². The minimum Gasteiger partial charge on any atom is -0.478 e. The van der Waals surface area contributed by atoms with Crippen molar-refractivity contribution in [2.24, 2.45) is 0 Å². The first-order valence-corrected chi connectivity index (χ1v) is 4.27. The van der Waals surface area contributed by atoms with Gasteiger partial charge in [-0.1, -0.05) is 18.2 Å².